The minimum absolute atomic E-state index is 0.00198. The average Bonchev–Trinajstić information content (AvgIpc) is 3.69. The molecule has 48 heavy (non-hydrogen) atoms. The highest BCUT2D eigenvalue weighted by atomic mass is 32.1. The largest absolute Gasteiger partial charge is 0.493 e. The van der Waals surface area contributed by atoms with Crippen LogP contribution < -0.4 is 4.74 Å². The van der Waals surface area contributed by atoms with Crippen molar-refractivity contribution in [2.24, 2.45) is 0 Å². The third-order valence-electron chi connectivity index (χ3n) is 8.02. The molecule has 0 atom stereocenters. The Morgan fingerprint density at radius 3 is 2.48 bits per heavy atom. The van der Waals surface area contributed by atoms with Crippen LogP contribution in [0.3, 0.4) is 0 Å². The number of carbonyl (C=O) groups excluding carboxylic acids is 1. The van der Waals surface area contributed by atoms with Crippen molar-refractivity contribution in [1.82, 2.24) is 34.3 Å². The molecule has 1 fully saturated rings. The SMILES string of the molecule is COc1cc(-c2c(CC(F)(F)F)c(-c3nc(C)c(C4CCN(C(=O)OC(C)(C)C)CC4)s3)nn2COCC[Si](C)(C)C)cn2ncnc12. The number of likely N-dealkylation sites (tertiary alicyclic amines) is 1. The fourth-order valence-corrected chi connectivity index (χ4v) is 7.70. The molecule has 1 aliphatic rings. The van der Waals surface area contributed by atoms with Crippen molar-refractivity contribution < 1.29 is 32.2 Å². The topological polar surface area (TPSA) is 109 Å². The van der Waals surface area contributed by atoms with Crippen molar-refractivity contribution in [2.75, 3.05) is 26.8 Å². The van der Waals surface area contributed by atoms with Gasteiger partial charge >= 0.3 is 12.3 Å². The Morgan fingerprint density at radius 2 is 1.85 bits per heavy atom. The molecule has 0 unspecified atom stereocenters. The molecule has 0 bridgehead atoms. The summed E-state index contributed by atoms with van der Waals surface area (Å²) in [6, 6.07) is 2.55. The van der Waals surface area contributed by atoms with Crippen LogP contribution in [0, 0.1) is 6.92 Å². The number of methoxy groups -OCH3 is 1. The predicted octanol–water partition coefficient (Wildman–Crippen LogP) is 7.56. The molecule has 16 heteroatoms. The standard InChI is InChI=1S/C32H44F3N7O4SSi/c1-20-27(21-9-11-40(12-10-21)30(43)46-31(2,3)4)47-29(38-20)25-23(16-32(33,34)35)26(42(39-25)19-45-13-14-48(6,7)8)22-15-24(44-5)28-36-18-37-41(28)17-22/h15,17-18,21H,9-14,16,19H2,1-8H3. The molecule has 0 saturated carbocycles. The van der Waals surface area contributed by atoms with Crippen molar-refractivity contribution in [3.63, 3.8) is 0 Å². The molecule has 0 radical (unpaired) electrons. The highest BCUT2D eigenvalue weighted by molar-refractivity contribution is 7.15. The Balaban J connectivity index is 1.54. The third-order valence-corrected chi connectivity index (χ3v) is 11.1. The molecule has 4 aromatic heterocycles. The average molecular weight is 708 g/mol. The maximum absolute atomic E-state index is 14.3. The van der Waals surface area contributed by atoms with Gasteiger partial charge in [-0.05, 0) is 58.6 Å². The quantitative estimate of drug-likeness (QED) is 0.123. The summed E-state index contributed by atoms with van der Waals surface area (Å²) in [6.45, 7) is 15.6. The summed E-state index contributed by atoms with van der Waals surface area (Å²) in [6.07, 6.45) is -1.71. The first-order valence-corrected chi connectivity index (χ1v) is 20.5. The summed E-state index contributed by atoms with van der Waals surface area (Å²) in [5, 5.41) is 9.39. The molecule has 1 aliphatic heterocycles. The van der Waals surface area contributed by atoms with E-state index in [9.17, 15) is 18.0 Å². The second kappa shape index (κ2) is 13.8. The van der Waals surface area contributed by atoms with Gasteiger partial charge in [0.1, 0.15) is 29.4 Å². The number of ether oxygens (including phenoxy) is 3. The molecule has 5 heterocycles. The lowest BCUT2D eigenvalue weighted by atomic mass is 9.94. The van der Waals surface area contributed by atoms with E-state index in [1.54, 1.807) is 17.2 Å². The van der Waals surface area contributed by atoms with Crippen LogP contribution in [0.4, 0.5) is 18.0 Å². The second-order valence-corrected chi connectivity index (χ2v) is 21.0. The zero-order chi connectivity index (χ0) is 35.0. The van der Waals surface area contributed by atoms with Crippen LogP contribution in [0.15, 0.2) is 18.6 Å². The second-order valence-electron chi connectivity index (χ2n) is 14.4. The number of pyridine rings is 1. The van der Waals surface area contributed by atoms with Crippen molar-refractivity contribution >= 4 is 31.2 Å². The fourth-order valence-electron chi connectivity index (χ4n) is 5.70. The molecule has 0 aliphatic carbocycles. The molecular weight excluding hydrogens is 664 g/mol. The van der Waals surface area contributed by atoms with Crippen LogP contribution in [-0.4, -0.2) is 87.0 Å². The van der Waals surface area contributed by atoms with Gasteiger partial charge in [-0.3, -0.25) is 0 Å². The van der Waals surface area contributed by atoms with E-state index in [1.807, 2.05) is 27.7 Å². The summed E-state index contributed by atoms with van der Waals surface area (Å²) in [4.78, 5) is 24.3. The lowest BCUT2D eigenvalue weighted by Crippen LogP contribution is -2.41. The highest BCUT2D eigenvalue weighted by Crippen LogP contribution is 2.42. The van der Waals surface area contributed by atoms with E-state index < -0.39 is 26.3 Å². The Morgan fingerprint density at radius 1 is 1.15 bits per heavy atom. The summed E-state index contributed by atoms with van der Waals surface area (Å²) in [7, 11) is 0.0613. The van der Waals surface area contributed by atoms with E-state index >= 15 is 0 Å². The number of hydrogen-bond acceptors (Lipinski definition) is 9. The van der Waals surface area contributed by atoms with Crippen LogP contribution in [0.2, 0.25) is 25.7 Å². The number of nitrogens with zero attached hydrogens (tertiary/aromatic N) is 7. The summed E-state index contributed by atoms with van der Waals surface area (Å²) in [5.74, 6) is 0.466. The number of fused-ring (bicyclic) bond motifs is 1. The number of thiazole rings is 1. The van der Waals surface area contributed by atoms with E-state index in [-0.39, 0.29) is 35.7 Å². The number of aryl methyl sites for hydroxylation is 1. The summed E-state index contributed by atoms with van der Waals surface area (Å²) in [5.41, 5.74) is 1.45. The fraction of sp³-hybridized carbons (Fsp3) is 0.594. The first-order valence-electron chi connectivity index (χ1n) is 16.0. The predicted molar refractivity (Wildman–Crippen MR) is 180 cm³/mol. The van der Waals surface area contributed by atoms with Gasteiger partial charge < -0.3 is 19.1 Å². The van der Waals surface area contributed by atoms with Crippen LogP contribution in [-0.2, 0) is 22.6 Å². The van der Waals surface area contributed by atoms with E-state index in [4.69, 9.17) is 24.3 Å². The molecular formula is C32H44F3N7O4SSi. The van der Waals surface area contributed by atoms with Gasteiger partial charge in [-0.25, -0.2) is 24.0 Å². The molecule has 0 N–H and O–H groups in total. The normalized spacial score (nSPS) is 15.0. The van der Waals surface area contributed by atoms with Crippen molar-refractivity contribution in [1.29, 1.82) is 0 Å². The number of amides is 1. The Kier molecular flexibility index (Phi) is 10.3. The number of piperidine rings is 1. The highest BCUT2D eigenvalue weighted by Gasteiger charge is 2.36. The van der Waals surface area contributed by atoms with Gasteiger partial charge in [0.2, 0.25) is 0 Å². The van der Waals surface area contributed by atoms with Crippen molar-refractivity contribution in [3.8, 4) is 27.7 Å². The maximum atomic E-state index is 14.3. The van der Waals surface area contributed by atoms with Crippen molar-refractivity contribution in [2.45, 2.75) is 97.1 Å². The van der Waals surface area contributed by atoms with Gasteiger partial charge in [-0.1, -0.05) is 19.6 Å². The minimum Gasteiger partial charge on any atom is -0.493 e. The minimum atomic E-state index is -4.53. The summed E-state index contributed by atoms with van der Waals surface area (Å²) < 4.78 is 63.1. The Labute approximate surface area is 283 Å². The zero-order valence-corrected chi connectivity index (χ0v) is 30.6. The number of carbonyl (C=O) groups is 1. The Bertz CT molecular complexity index is 1750. The zero-order valence-electron chi connectivity index (χ0n) is 28.8. The van der Waals surface area contributed by atoms with Crippen LogP contribution >= 0.6 is 11.3 Å². The van der Waals surface area contributed by atoms with Crippen LogP contribution in [0.5, 0.6) is 5.75 Å². The lowest BCUT2D eigenvalue weighted by Gasteiger charge is -2.33. The lowest BCUT2D eigenvalue weighted by molar-refractivity contribution is -0.127. The number of aromatic nitrogens is 6. The first-order chi connectivity index (χ1) is 22.4. The summed E-state index contributed by atoms with van der Waals surface area (Å²) >= 11 is 1.36. The number of halogens is 3. The van der Waals surface area contributed by atoms with E-state index in [1.165, 1.54) is 34.0 Å². The molecule has 1 saturated heterocycles. The maximum Gasteiger partial charge on any atom is 0.410 e. The van der Waals surface area contributed by atoms with Gasteiger partial charge in [0.05, 0.1) is 24.9 Å². The number of rotatable bonds is 10. The van der Waals surface area contributed by atoms with Gasteiger partial charge in [-0.15, -0.1) is 11.3 Å². The van der Waals surface area contributed by atoms with Gasteiger partial charge in [0.25, 0.3) is 0 Å². The molecule has 4 aromatic rings. The molecule has 262 valence electrons. The molecule has 1 amide bonds. The number of hydrogen-bond donors (Lipinski definition) is 0. The smallest absolute Gasteiger partial charge is 0.410 e. The van der Waals surface area contributed by atoms with Crippen LogP contribution in [0.1, 0.15) is 55.7 Å². The number of alkyl halides is 3. The first kappa shape index (κ1) is 35.8. The molecule has 11 nitrogen and oxygen atoms in total. The van der Waals surface area contributed by atoms with E-state index in [0.717, 1.165) is 16.6 Å². The van der Waals surface area contributed by atoms with Gasteiger partial charge in [0.15, 0.2) is 11.4 Å². The molecule has 0 aromatic carbocycles. The van der Waals surface area contributed by atoms with E-state index in [0.29, 0.717) is 54.5 Å². The van der Waals surface area contributed by atoms with E-state index in [2.05, 4.69) is 29.7 Å². The monoisotopic (exact) mass is 707 g/mol. The molecule has 5 rings (SSSR count). The molecule has 0 spiro atoms. The van der Waals surface area contributed by atoms with Gasteiger partial charge in [0, 0.05) is 50.0 Å². The van der Waals surface area contributed by atoms with Crippen LogP contribution in [0.25, 0.3) is 27.6 Å². The Hall–Kier alpha value is -3.50. The third kappa shape index (κ3) is 8.55. The van der Waals surface area contributed by atoms with Gasteiger partial charge in [-0.2, -0.15) is 23.4 Å². The van der Waals surface area contributed by atoms with Crippen molar-refractivity contribution in [3.05, 3.63) is 34.7 Å².